The molecule has 0 heterocycles. The molecule has 0 saturated heterocycles. The van der Waals surface area contributed by atoms with Gasteiger partial charge in [-0.2, -0.15) is 0 Å². The topological polar surface area (TPSA) is 50.4 Å². The van der Waals surface area contributed by atoms with Gasteiger partial charge in [-0.05, 0) is 42.3 Å². The smallest absolute Gasteiger partial charge is 0.406 e. The van der Waals surface area contributed by atoms with Gasteiger partial charge in [-0.3, -0.25) is 4.79 Å². The molecule has 1 amide bonds. The number of alkyl halides is 3. The highest BCUT2D eigenvalue weighted by atomic mass is 19.4. The van der Waals surface area contributed by atoms with E-state index < -0.39 is 6.36 Å². The molecule has 0 saturated carbocycles. The maximum atomic E-state index is 12.1. The zero-order valence-corrected chi connectivity index (χ0v) is 13.0. The molecule has 0 aliphatic carbocycles. The predicted octanol–water partition coefficient (Wildman–Crippen LogP) is 4.20. The molecule has 2 N–H and O–H groups in total. The zero-order chi connectivity index (χ0) is 17.6. The molecule has 7 heteroatoms. The standard InChI is InChI=1S/C17H17F3N2O2/c1-2-12-5-3-4-6-15(12)21-11-16(23)22-13-7-9-14(10-8-13)24-17(18,19)20/h3-10,21H,2,11H2,1H3,(H,22,23). The third-order valence-corrected chi connectivity index (χ3v) is 3.21. The van der Waals surface area contributed by atoms with Gasteiger partial charge in [0.05, 0.1) is 6.54 Å². The van der Waals surface area contributed by atoms with E-state index in [0.29, 0.717) is 5.69 Å². The Hall–Kier alpha value is -2.70. The lowest BCUT2D eigenvalue weighted by molar-refractivity contribution is -0.274. The van der Waals surface area contributed by atoms with E-state index in [1.807, 2.05) is 31.2 Å². The number of hydrogen-bond acceptors (Lipinski definition) is 3. The fourth-order valence-corrected chi connectivity index (χ4v) is 2.12. The number of ether oxygens (including phenoxy) is 1. The van der Waals surface area contributed by atoms with Crippen LogP contribution in [0.1, 0.15) is 12.5 Å². The molecule has 0 bridgehead atoms. The second-order valence-corrected chi connectivity index (χ2v) is 4.98. The van der Waals surface area contributed by atoms with Crippen LogP contribution in [0.5, 0.6) is 5.75 Å². The monoisotopic (exact) mass is 338 g/mol. The summed E-state index contributed by atoms with van der Waals surface area (Å²) in [5.41, 5.74) is 2.36. The molecule has 2 rings (SSSR count). The Balaban J connectivity index is 1.88. The van der Waals surface area contributed by atoms with Crippen LogP contribution in [-0.2, 0) is 11.2 Å². The number of aryl methyl sites for hydroxylation is 1. The number of carbonyl (C=O) groups excluding carboxylic acids is 1. The number of anilines is 2. The molecule has 128 valence electrons. The van der Waals surface area contributed by atoms with E-state index in [4.69, 9.17) is 0 Å². The van der Waals surface area contributed by atoms with Gasteiger partial charge in [0, 0.05) is 11.4 Å². The van der Waals surface area contributed by atoms with Crippen molar-refractivity contribution in [2.24, 2.45) is 0 Å². The third kappa shape index (κ3) is 5.49. The van der Waals surface area contributed by atoms with Gasteiger partial charge in [-0.15, -0.1) is 13.2 Å². The van der Waals surface area contributed by atoms with Gasteiger partial charge >= 0.3 is 6.36 Å². The Kier molecular flexibility index (Phi) is 5.68. The highest BCUT2D eigenvalue weighted by molar-refractivity contribution is 5.93. The van der Waals surface area contributed by atoms with Crippen LogP contribution < -0.4 is 15.4 Å². The summed E-state index contributed by atoms with van der Waals surface area (Å²) in [6.45, 7) is 2.07. The highest BCUT2D eigenvalue weighted by Crippen LogP contribution is 2.24. The van der Waals surface area contributed by atoms with Gasteiger partial charge in [-0.25, -0.2) is 0 Å². The molecule has 2 aromatic carbocycles. The number of hydrogen-bond donors (Lipinski definition) is 2. The Morgan fingerprint density at radius 2 is 1.75 bits per heavy atom. The van der Waals surface area contributed by atoms with E-state index in [1.165, 1.54) is 12.1 Å². The second kappa shape index (κ2) is 7.72. The third-order valence-electron chi connectivity index (χ3n) is 3.21. The van der Waals surface area contributed by atoms with Gasteiger partial charge in [0.2, 0.25) is 5.91 Å². The van der Waals surface area contributed by atoms with Crippen molar-refractivity contribution in [2.45, 2.75) is 19.7 Å². The summed E-state index contributed by atoms with van der Waals surface area (Å²) in [4.78, 5) is 11.9. The lowest BCUT2D eigenvalue weighted by atomic mass is 10.1. The first-order valence-electron chi connectivity index (χ1n) is 7.35. The summed E-state index contributed by atoms with van der Waals surface area (Å²) in [6.07, 6.45) is -3.90. The van der Waals surface area contributed by atoms with E-state index in [2.05, 4.69) is 15.4 Å². The van der Waals surface area contributed by atoms with Crippen molar-refractivity contribution in [1.29, 1.82) is 0 Å². The molecule has 0 fully saturated rings. The van der Waals surface area contributed by atoms with Crippen molar-refractivity contribution in [2.75, 3.05) is 17.2 Å². The summed E-state index contributed by atoms with van der Waals surface area (Å²) in [5.74, 6) is -0.638. The minimum Gasteiger partial charge on any atom is -0.406 e. The Morgan fingerprint density at radius 3 is 2.38 bits per heavy atom. The molecule has 0 unspecified atom stereocenters. The lowest BCUT2D eigenvalue weighted by Gasteiger charge is -2.12. The minimum absolute atomic E-state index is 0.0534. The lowest BCUT2D eigenvalue weighted by Crippen LogP contribution is -2.22. The maximum Gasteiger partial charge on any atom is 0.573 e. The van der Waals surface area contributed by atoms with Gasteiger partial charge in [0.25, 0.3) is 0 Å². The molecule has 0 aliphatic rings. The molecule has 0 radical (unpaired) electrons. The first-order chi connectivity index (χ1) is 11.4. The summed E-state index contributed by atoms with van der Waals surface area (Å²) < 4.78 is 40.0. The fraction of sp³-hybridized carbons (Fsp3) is 0.235. The quantitative estimate of drug-likeness (QED) is 0.830. The number of benzene rings is 2. The molecule has 24 heavy (non-hydrogen) atoms. The average Bonchev–Trinajstić information content (AvgIpc) is 2.53. The Labute approximate surface area is 137 Å². The Bertz CT molecular complexity index is 685. The van der Waals surface area contributed by atoms with E-state index >= 15 is 0 Å². The molecule has 0 aromatic heterocycles. The van der Waals surface area contributed by atoms with Crippen LogP contribution in [0.15, 0.2) is 48.5 Å². The van der Waals surface area contributed by atoms with Crippen LogP contribution in [-0.4, -0.2) is 18.8 Å². The van der Waals surface area contributed by atoms with Crippen LogP contribution >= 0.6 is 0 Å². The van der Waals surface area contributed by atoms with Crippen molar-refractivity contribution in [3.63, 3.8) is 0 Å². The van der Waals surface area contributed by atoms with Crippen molar-refractivity contribution in [3.8, 4) is 5.75 Å². The number of para-hydroxylation sites is 1. The van der Waals surface area contributed by atoms with Crippen molar-refractivity contribution >= 4 is 17.3 Å². The Morgan fingerprint density at radius 1 is 1.08 bits per heavy atom. The number of amides is 1. The molecule has 4 nitrogen and oxygen atoms in total. The van der Waals surface area contributed by atoms with Gasteiger partial charge in [0.15, 0.2) is 0 Å². The van der Waals surface area contributed by atoms with Gasteiger partial charge in [-0.1, -0.05) is 25.1 Å². The van der Waals surface area contributed by atoms with E-state index in [1.54, 1.807) is 0 Å². The molecule has 0 atom stereocenters. The average molecular weight is 338 g/mol. The van der Waals surface area contributed by atoms with Crippen molar-refractivity contribution in [3.05, 3.63) is 54.1 Å². The number of rotatable bonds is 6. The van der Waals surface area contributed by atoms with E-state index in [-0.39, 0.29) is 18.2 Å². The number of carbonyl (C=O) groups is 1. The number of halogens is 3. The SMILES string of the molecule is CCc1ccccc1NCC(=O)Nc1ccc(OC(F)(F)F)cc1. The molecule has 0 aliphatic heterocycles. The summed E-state index contributed by atoms with van der Waals surface area (Å²) in [6, 6.07) is 12.6. The highest BCUT2D eigenvalue weighted by Gasteiger charge is 2.30. The summed E-state index contributed by atoms with van der Waals surface area (Å²) in [5, 5.41) is 5.64. The molecule has 0 spiro atoms. The molecular weight excluding hydrogens is 321 g/mol. The first kappa shape index (κ1) is 17.7. The van der Waals surface area contributed by atoms with Crippen LogP contribution in [0.25, 0.3) is 0 Å². The predicted molar refractivity (Wildman–Crippen MR) is 86.1 cm³/mol. The summed E-state index contributed by atoms with van der Waals surface area (Å²) >= 11 is 0. The van der Waals surface area contributed by atoms with Crippen LogP contribution in [0.3, 0.4) is 0 Å². The van der Waals surface area contributed by atoms with Crippen molar-refractivity contribution < 1.29 is 22.7 Å². The van der Waals surface area contributed by atoms with Crippen LogP contribution in [0.4, 0.5) is 24.5 Å². The normalized spacial score (nSPS) is 11.0. The molecule has 2 aromatic rings. The zero-order valence-electron chi connectivity index (χ0n) is 13.0. The van der Waals surface area contributed by atoms with Crippen LogP contribution in [0, 0.1) is 0 Å². The van der Waals surface area contributed by atoms with Gasteiger partial charge < -0.3 is 15.4 Å². The maximum absolute atomic E-state index is 12.1. The van der Waals surface area contributed by atoms with Gasteiger partial charge in [0.1, 0.15) is 5.75 Å². The van der Waals surface area contributed by atoms with Crippen molar-refractivity contribution in [1.82, 2.24) is 0 Å². The fourth-order valence-electron chi connectivity index (χ4n) is 2.12. The number of nitrogens with one attached hydrogen (secondary N) is 2. The molecular formula is C17H17F3N2O2. The first-order valence-corrected chi connectivity index (χ1v) is 7.35. The van der Waals surface area contributed by atoms with Crippen LogP contribution in [0.2, 0.25) is 0 Å². The second-order valence-electron chi connectivity index (χ2n) is 4.98. The van der Waals surface area contributed by atoms with E-state index in [0.717, 1.165) is 29.8 Å². The summed E-state index contributed by atoms with van der Waals surface area (Å²) in [7, 11) is 0. The largest absolute Gasteiger partial charge is 0.573 e. The van der Waals surface area contributed by atoms with E-state index in [9.17, 15) is 18.0 Å². The minimum atomic E-state index is -4.73.